The summed E-state index contributed by atoms with van der Waals surface area (Å²) < 4.78 is 5.01. The molecular weight excluding hydrogens is 158 g/mol. The van der Waals surface area contributed by atoms with Crippen LogP contribution in [0.5, 0.6) is 0 Å². The van der Waals surface area contributed by atoms with Crippen molar-refractivity contribution in [2.75, 3.05) is 0 Å². The Kier molecular flexibility index (Phi) is 2.96. The summed E-state index contributed by atoms with van der Waals surface area (Å²) in [7, 11) is 0. The third-order valence-electron chi connectivity index (χ3n) is 1.50. The number of ether oxygens (including phenoxy) is 1. The molecule has 1 unspecified atom stereocenters. The second kappa shape index (κ2) is 3.99. The number of carbonyl (C=O) groups is 1. The molecule has 0 spiro atoms. The third-order valence-corrected chi connectivity index (χ3v) is 1.50. The lowest BCUT2D eigenvalue weighted by atomic mass is 10.3. The van der Waals surface area contributed by atoms with Crippen molar-refractivity contribution in [2.45, 2.75) is 32.9 Å². The molecule has 12 heavy (non-hydrogen) atoms. The van der Waals surface area contributed by atoms with Crippen LogP contribution in [0, 0.1) is 0 Å². The fraction of sp³-hybridized carbons (Fsp3) is 0.625. The SMILES string of the molecule is CCCC(=O)ON1C=COC1C. The maximum atomic E-state index is 11.0. The van der Waals surface area contributed by atoms with Crippen molar-refractivity contribution >= 4 is 5.97 Å². The van der Waals surface area contributed by atoms with E-state index in [0.29, 0.717) is 6.42 Å². The first-order chi connectivity index (χ1) is 5.74. The highest BCUT2D eigenvalue weighted by atomic mass is 16.7. The van der Waals surface area contributed by atoms with Gasteiger partial charge in [0.1, 0.15) is 6.26 Å². The van der Waals surface area contributed by atoms with Gasteiger partial charge >= 0.3 is 5.97 Å². The summed E-state index contributed by atoms with van der Waals surface area (Å²) in [4.78, 5) is 15.9. The summed E-state index contributed by atoms with van der Waals surface area (Å²) in [6, 6.07) is 0. The van der Waals surface area contributed by atoms with E-state index >= 15 is 0 Å². The fourth-order valence-corrected chi connectivity index (χ4v) is 0.862. The summed E-state index contributed by atoms with van der Waals surface area (Å²) in [5.41, 5.74) is 0. The lowest BCUT2D eigenvalue weighted by Crippen LogP contribution is -2.28. The minimum Gasteiger partial charge on any atom is -0.474 e. The molecule has 1 rings (SSSR count). The van der Waals surface area contributed by atoms with Gasteiger partial charge in [-0.25, -0.2) is 4.79 Å². The number of hydrogen-bond acceptors (Lipinski definition) is 4. The molecule has 4 heteroatoms. The molecule has 0 aromatic heterocycles. The minimum atomic E-state index is -0.223. The number of carbonyl (C=O) groups excluding carboxylic acids is 1. The van der Waals surface area contributed by atoms with Gasteiger partial charge in [-0.1, -0.05) is 6.92 Å². The highest BCUT2D eigenvalue weighted by molar-refractivity contribution is 5.68. The lowest BCUT2D eigenvalue weighted by Gasteiger charge is -2.18. The van der Waals surface area contributed by atoms with Gasteiger partial charge in [0.15, 0.2) is 0 Å². The molecule has 0 amide bonds. The van der Waals surface area contributed by atoms with Crippen LogP contribution in [0.2, 0.25) is 0 Å². The van der Waals surface area contributed by atoms with Crippen LogP contribution >= 0.6 is 0 Å². The van der Waals surface area contributed by atoms with Crippen LogP contribution < -0.4 is 0 Å². The normalized spacial score (nSPS) is 20.8. The Hall–Kier alpha value is -1.19. The summed E-state index contributed by atoms with van der Waals surface area (Å²) in [6.45, 7) is 3.74. The van der Waals surface area contributed by atoms with Crippen molar-refractivity contribution in [2.24, 2.45) is 0 Å². The van der Waals surface area contributed by atoms with Crippen LogP contribution in [-0.2, 0) is 14.4 Å². The zero-order valence-corrected chi connectivity index (χ0v) is 7.32. The van der Waals surface area contributed by atoms with E-state index in [0.717, 1.165) is 6.42 Å². The number of nitrogens with zero attached hydrogens (tertiary/aromatic N) is 1. The van der Waals surface area contributed by atoms with Crippen LogP contribution in [0.4, 0.5) is 0 Å². The van der Waals surface area contributed by atoms with Crippen molar-refractivity contribution in [1.82, 2.24) is 5.06 Å². The number of hydrogen-bond donors (Lipinski definition) is 0. The highest BCUT2D eigenvalue weighted by Crippen LogP contribution is 2.11. The largest absolute Gasteiger partial charge is 0.474 e. The molecule has 4 nitrogen and oxygen atoms in total. The molecular formula is C8H13NO3. The second-order valence-corrected chi connectivity index (χ2v) is 2.59. The van der Waals surface area contributed by atoms with Gasteiger partial charge in [0.2, 0.25) is 6.23 Å². The Morgan fingerprint density at radius 3 is 3.00 bits per heavy atom. The zero-order valence-electron chi connectivity index (χ0n) is 7.32. The molecule has 1 heterocycles. The predicted octanol–water partition coefficient (Wildman–Crippen LogP) is 1.39. The van der Waals surface area contributed by atoms with Gasteiger partial charge in [0.25, 0.3) is 0 Å². The summed E-state index contributed by atoms with van der Waals surface area (Å²) in [5, 5.41) is 1.40. The van der Waals surface area contributed by atoms with E-state index in [4.69, 9.17) is 9.57 Å². The smallest absolute Gasteiger partial charge is 0.332 e. The molecule has 0 N–H and O–H groups in total. The van der Waals surface area contributed by atoms with Gasteiger partial charge in [-0.3, -0.25) is 0 Å². The first-order valence-corrected chi connectivity index (χ1v) is 4.05. The molecule has 0 fully saturated rings. The van der Waals surface area contributed by atoms with Crippen LogP contribution in [0.1, 0.15) is 26.7 Å². The van der Waals surface area contributed by atoms with Gasteiger partial charge in [-0.05, 0) is 13.3 Å². The predicted molar refractivity (Wildman–Crippen MR) is 42.5 cm³/mol. The molecule has 68 valence electrons. The second-order valence-electron chi connectivity index (χ2n) is 2.59. The maximum Gasteiger partial charge on any atom is 0.332 e. The molecule has 0 aromatic rings. The average molecular weight is 171 g/mol. The quantitative estimate of drug-likeness (QED) is 0.643. The topological polar surface area (TPSA) is 38.8 Å². The molecule has 0 aliphatic carbocycles. The van der Waals surface area contributed by atoms with Crippen LogP contribution in [0.25, 0.3) is 0 Å². The van der Waals surface area contributed by atoms with Gasteiger partial charge in [0.05, 0.1) is 6.20 Å². The van der Waals surface area contributed by atoms with Crippen molar-refractivity contribution in [3.63, 3.8) is 0 Å². The molecule has 0 bridgehead atoms. The summed E-state index contributed by atoms with van der Waals surface area (Å²) >= 11 is 0. The monoisotopic (exact) mass is 171 g/mol. The first-order valence-electron chi connectivity index (χ1n) is 4.05. The van der Waals surface area contributed by atoms with Crippen molar-refractivity contribution in [3.8, 4) is 0 Å². The zero-order chi connectivity index (χ0) is 8.97. The van der Waals surface area contributed by atoms with Crippen molar-refractivity contribution < 1.29 is 14.4 Å². The molecule has 1 atom stereocenters. The van der Waals surface area contributed by atoms with E-state index in [-0.39, 0.29) is 12.2 Å². The standard InChI is InChI=1S/C8H13NO3/c1-3-4-8(10)12-9-5-6-11-7(9)2/h5-7H,3-4H2,1-2H3. The Labute approximate surface area is 71.7 Å². The van der Waals surface area contributed by atoms with Gasteiger partial charge < -0.3 is 9.57 Å². The van der Waals surface area contributed by atoms with E-state index in [1.807, 2.05) is 6.92 Å². The van der Waals surface area contributed by atoms with E-state index in [1.165, 1.54) is 11.3 Å². The minimum absolute atomic E-state index is 0.203. The third kappa shape index (κ3) is 2.15. The Balaban J connectivity index is 2.30. The Bertz CT molecular complexity index is 191. The average Bonchev–Trinajstić information content (AvgIpc) is 2.37. The van der Waals surface area contributed by atoms with Gasteiger partial charge in [0, 0.05) is 6.42 Å². The lowest BCUT2D eigenvalue weighted by molar-refractivity contribution is -0.199. The van der Waals surface area contributed by atoms with Crippen molar-refractivity contribution in [3.05, 3.63) is 12.5 Å². The van der Waals surface area contributed by atoms with Crippen LogP contribution in [0.15, 0.2) is 12.5 Å². The highest BCUT2D eigenvalue weighted by Gasteiger charge is 2.18. The van der Waals surface area contributed by atoms with E-state index in [1.54, 1.807) is 13.1 Å². The Morgan fingerprint density at radius 2 is 2.50 bits per heavy atom. The Morgan fingerprint density at radius 1 is 1.75 bits per heavy atom. The molecule has 0 radical (unpaired) electrons. The number of rotatable bonds is 3. The molecule has 0 aromatic carbocycles. The molecule has 1 aliphatic heterocycles. The maximum absolute atomic E-state index is 11.0. The molecule has 1 aliphatic rings. The summed E-state index contributed by atoms with van der Waals surface area (Å²) in [6.07, 6.45) is 4.14. The fourth-order valence-electron chi connectivity index (χ4n) is 0.862. The van der Waals surface area contributed by atoms with Gasteiger partial charge in [-0.2, -0.15) is 5.06 Å². The van der Waals surface area contributed by atoms with E-state index in [9.17, 15) is 4.79 Å². The summed E-state index contributed by atoms with van der Waals surface area (Å²) in [5.74, 6) is -0.223. The van der Waals surface area contributed by atoms with Crippen molar-refractivity contribution in [1.29, 1.82) is 0 Å². The van der Waals surface area contributed by atoms with Crippen LogP contribution in [-0.4, -0.2) is 17.3 Å². The van der Waals surface area contributed by atoms with Crippen LogP contribution in [0.3, 0.4) is 0 Å². The number of hydroxylamine groups is 2. The molecule has 0 saturated heterocycles. The van der Waals surface area contributed by atoms with E-state index in [2.05, 4.69) is 0 Å². The van der Waals surface area contributed by atoms with Gasteiger partial charge in [-0.15, -0.1) is 0 Å². The first kappa shape index (κ1) is 8.90. The van der Waals surface area contributed by atoms with E-state index < -0.39 is 0 Å². The molecule has 0 saturated carbocycles.